The van der Waals surface area contributed by atoms with Crippen LogP contribution in [0.1, 0.15) is 73.6 Å². The molecule has 3 aromatic rings. The number of amides is 2. The van der Waals surface area contributed by atoms with Gasteiger partial charge >= 0.3 is 6.09 Å². The molecule has 0 unspecified atom stereocenters. The van der Waals surface area contributed by atoms with E-state index in [1.54, 1.807) is 17.9 Å². The molecule has 0 radical (unpaired) electrons. The first-order valence-corrected chi connectivity index (χ1v) is 13.5. The van der Waals surface area contributed by atoms with Crippen molar-refractivity contribution in [1.29, 1.82) is 0 Å². The van der Waals surface area contributed by atoms with E-state index in [0.29, 0.717) is 55.5 Å². The molecule has 0 saturated heterocycles. The fraction of sp³-hybridized carbons (Fsp3) is 0.556. The molecule has 1 saturated carbocycles. The largest absolute Gasteiger partial charge is 0.494 e. The number of methoxy groups -OCH3 is 1. The SMILES string of the molecule is CCn1nc(C)cc1C(=O)Nc1nc2cc(CN)cc(OC)c2n1CCCNC(=O)OC1CCCCCC1. The number of aryl methyl sites for hydroxylation is 3. The van der Waals surface area contributed by atoms with E-state index in [1.165, 1.54) is 12.8 Å². The second-order valence-corrected chi connectivity index (χ2v) is 9.70. The van der Waals surface area contributed by atoms with Crippen LogP contribution in [0.4, 0.5) is 10.7 Å². The average Bonchev–Trinajstić information content (AvgIpc) is 3.35. The number of carbonyl (C=O) groups excluding carboxylic acids is 2. The molecule has 1 aliphatic rings. The zero-order valence-electron chi connectivity index (χ0n) is 22.6. The maximum absolute atomic E-state index is 13.2. The van der Waals surface area contributed by atoms with Crippen molar-refractivity contribution in [2.45, 2.75) is 84.5 Å². The Balaban J connectivity index is 1.50. The molecule has 2 amide bonds. The first-order valence-electron chi connectivity index (χ1n) is 13.5. The molecule has 206 valence electrons. The van der Waals surface area contributed by atoms with Crippen molar-refractivity contribution in [3.8, 4) is 5.75 Å². The van der Waals surface area contributed by atoms with Gasteiger partial charge in [-0.25, -0.2) is 9.78 Å². The fourth-order valence-corrected chi connectivity index (χ4v) is 4.99. The molecule has 2 heterocycles. The van der Waals surface area contributed by atoms with Gasteiger partial charge in [-0.1, -0.05) is 12.8 Å². The highest BCUT2D eigenvalue weighted by Crippen LogP contribution is 2.31. The van der Waals surface area contributed by atoms with Crippen LogP contribution in [0.3, 0.4) is 0 Å². The number of hydrogen-bond donors (Lipinski definition) is 3. The second-order valence-electron chi connectivity index (χ2n) is 9.70. The molecule has 1 fully saturated rings. The summed E-state index contributed by atoms with van der Waals surface area (Å²) in [5.74, 6) is 0.707. The number of rotatable bonds is 10. The number of ether oxygens (including phenoxy) is 2. The van der Waals surface area contributed by atoms with Crippen LogP contribution < -0.4 is 21.1 Å². The highest BCUT2D eigenvalue weighted by Gasteiger charge is 2.21. The lowest BCUT2D eigenvalue weighted by Crippen LogP contribution is -2.30. The number of anilines is 1. The maximum Gasteiger partial charge on any atom is 0.407 e. The molecule has 2 aromatic heterocycles. The second kappa shape index (κ2) is 12.8. The standard InChI is InChI=1S/C27H39N7O4/c1-4-34-22(14-18(2)32-34)25(35)31-26-30-21-15-19(17-28)16-23(37-3)24(21)33(26)13-9-12-29-27(36)38-20-10-7-5-6-8-11-20/h14-16,20H,4-13,17,28H2,1-3H3,(H,29,36)(H,30,31,35). The van der Waals surface area contributed by atoms with E-state index in [4.69, 9.17) is 20.2 Å². The van der Waals surface area contributed by atoms with Crippen molar-refractivity contribution in [2.24, 2.45) is 5.73 Å². The van der Waals surface area contributed by atoms with E-state index < -0.39 is 0 Å². The summed E-state index contributed by atoms with van der Waals surface area (Å²) in [5.41, 5.74) is 9.40. The van der Waals surface area contributed by atoms with Crippen molar-refractivity contribution in [3.63, 3.8) is 0 Å². The molecule has 1 aliphatic carbocycles. The van der Waals surface area contributed by atoms with E-state index in [2.05, 4.69) is 15.7 Å². The molecule has 1 aromatic carbocycles. The summed E-state index contributed by atoms with van der Waals surface area (Å²) in [5, 5.41) is 10.2. The minimum atomic E-state index is -0.380. The number of alkyl carbamates (subject to hydrolysis) is 1. The van der Waals surface area contributed by atoms with Gasteiger partial charge in [0.05, 0.1) is 18.3 Å². The molecule has 11 nitrogen and oxygen atoms in total. The van der Waals surface area contributed by atoms with Crippen LogP contribution in [0.2, 0.25) is 0 Å². The number of nitrogens with one attached hydrogen (secondary N) is 2. The molecule has 4 rings (SSSR count). The van der Waals surface area contributed by atoms with Gasteiger partial charge in [0.2, 0.25) is 5.95 Å². The molecular weight excluding hydrogens is 486 g/mol. The summed E-state index contributed by atoms with van der Waals surface area (Å²) in [6, 6.07) is 5.53. The Hall–Kier alpha value is -3.60. The van der Waals surface area contributed by atoms with Gasteiger partial charge in [0.25, 0.3) is 5.91 Å². The van der Waals surface area contributed by atoms with Crippen molar-refractivity contribution in [1.82, 2.24) is 24.6 Å². The summed E-state index contributed by atoms with van der Waals surface area (Å²) in [6.45, 7) is 5.60. The van der Waals surface area contributed by atoms with Crippen LogP contribution in [-0.2, 0) is 24.4 Å². The van der Waals surface area contributed by atoms with Crippen molar-refractivity contribution < 1.29 is 19.1 Å². The summed E-state index contributed by atoms with van der Waals surface area (Å²) in [4.78, 5) is 30.3. The first-order chi connectivity index (χ1) is 18.4. The lowest BCUT2D eigenvalue weighted by Gasteiger charge is -2.16. The lowest BCUT2D eigenvalue weighted by molar-refractivity contribution is 0.0887. The molecule has 0 atom stereocenters. The third-order valence-electron chi connectivity index (χ3n) is 6.89. The van der Waals surface area contributed by atoms with E-state index in [0.717, 1.165) is 42.5 Å². The van der Waals surface area contributed by atoms with Gasteiger partial charge in [0.1, 0.15) is 23.1 Å². The Bertz CT molecular complexity index is 1260. The highest BCUT2D eigenvalue weighted by molar-refractivity contribution is 6.03. The van der Waals surface area contributed by atoms with Gasteiger partial charge in [0.15, 0.2) is 0 Å². The minimum Gasteiger partial charge on any atom is -0.494 e. The lowest BCUT2D eigenvalue weighted by atomic mass is 10.2. The Morgan fingerprint density at radius 2 is 1.92 bits per heavy atom. The van der Waals surface area contributed by atoms with Crippen LogP contribution in [0.25, 0.3) is 11.0 Å². The molecular formula is C27H39N7O4. The maximum atomic E-state index is 13.2. The average molecular weight is 526 g/mol. The molecule has 0 spiro atoms. The van der Waals surface area contributed by atoms with E-state index in [9.17, 15) is 9.59 Å². The van der Waals surface area contributed by atoms with Crippen molar-refractivity contribution in [3.05, 3.63) is 35.2 Å². The monoisotopic (exact) mass is 525 g/mol. The molecule has 0 bridgehead atoms. The number of fused-ring (bicyclic) bond motifs is 1. The van der Waals surface area contributed by atoms with Crippen LogP contribution in [0.5, 0.6) is 5.75 Å². The molecule has 0 aliphatic heterocycles. The number of hydrogen-bond acceptors (Lipinski definition) is 7. The van der Waals surface area contributed by atoms with E-state index in [-0.39, 0.29) is 18.1 Å². The number of imidazole rings is 1. The van der Waals surface area contributed by atoms with Crippen LogP contribution >= 0.6 is 0 Å². The van der Waals surface area contributed by atoms with Gasteiger partial charge in [-0.2, -0.15) is 5.10 Å². The van der Waals surface area contributed by atoms with Crippen LogP contribution in [0.15, 0.2) is 18.2 Å². The Morgan fingerprint density at radius 3 is 2.61 bits per heavy atom. The number of aromatic nitrogens is 4. The van der Waals surface area contributed by atoms with Gasteiger partial charge in [-0.3, -0.25) is 14.8 Å². The smallest absolute Gasteiger partial charge is 0.407 e. The summed E-state index contributed by atoms with van der Waals surface area (Å²) < 4.78 is 14.9. The Morgan fingerprint density at radius 1 is 1.16 bits per heavy atom. The van der Waals surface area contributed by atoms with E-state index >= 15 is 0 Å². The Kier molecular flexibility index (Phi) is 9.22. The third kappa shape index (κ3) is 6.45. The third-order valence-corrected chi connectivity index (χ3v) is 6.89. The molecule has 4 N–H and O–H groups in total. The highest BCUT2D eigenvalue weighted by atomic mass is 16.6. The number of nitrogens with two attached hydrogens (primary N) is 1. The summed E-state index contributed by atoms with van der Waals surface area (Å²) in [6.07, 6.45) is 6.69. The summed E-state index contributed by atoms with van der Waals surface area (Å²) in [7, 11) is 1.60. The zero-order valence-corrected chi connectivity index (χ0v) is 22.6. The number of nitrogens with zero attached hydrogens (tertiary/aromatic N) is 4. The molecule has 11 heteroatoms. The van der Waals surface area contributed by atoms with Crippen molar-refractivity contribution in [2.75, 3.05) is 19.0 Å². The predicted molar refractivity (Wildman–Crippen MR) is 145 cm³/mol. The number of carbonyl (C=O) groups is 2. The normalized spacial score (nSPS) is 14.3. The number of benzene rings is 1. The topological polar surface area (TPSA) is 138 Å². The van der Waals surface area contributed by atoms with Gasteiger partial charge < -0.3 is 25.1 Å². The summed E-state index contributed by atoms with van der Waals surface area (Å²) >= 11 is 0. The fourth-order valence-electron chi connectivity index (χ4n) is 4.99. The van der Waals surface area contributed by atoms with Crippen molar-refractivity contribution >= 4 is 29.0 Å². The predicted octanol–water partition coefficient (Wildman–Crippen LogP) is 4.12. The van der Waals surface area contributed by atoms with Gasteiger partial charge in [-0.15, -0.1) is 0 Å². The first kappa shape index (κ1) is 27.4. The van der Waals surface area contributed by atoms with E-state index in [1.807, 2.05) is 30.5 Å². The van der Waals surface area contributed by atoms with Crippen LogP contribution in [-0.4, -0.2) is 51.1 Å². The van der Waals surface area contributed by atoms with Gasteiger partial charge in [0, 0.05) is 26.2 Å². The Labute approximate surface area is 223 Å². The molecule has 38 heavy (non-hydrogen) atoms. The zero-order chi connectivity index (χ0) is 27.1. The quantitative estimate of drug-likeness (QED) is 0.267. The van der Waals surface area contributed by atoms with Crippen LogP contribution in [0, 0.1) is 6.92 Å². The minimum absolute atomic E-state index is 0.00176. The van der Waals surface area contributed by atoms with Gasteiger partial charge in [-0.05, 0) is 69.7 Å².